The van der Waals surface area contributed by atoms with Crippen molar-refractivity contribution in [2.24, 2.45) is 5.73 Å². The van der Waals surface area contributed by atoms with E-state index in [1.165, 1.54) is 0 Å². The molecule has 1 heterocycles. The number of hydrogen-bond acceptors (Lipinski definition) is 2. The maximum Gasteiger partial charge on any atom is 0.135 e. The van der Waals surface area contributed by atoms with Gasteiger partial charge in [-0.25, -0.2) is 0 Å². The highest BCUT2D eigenvalue weighted by molar-refractivity contribution is 4.89. The number of epoxide rings is 1. The molecule has 0 spiro atoms. The molecule has 1 atom stereocenters. The van der Waals surface area contributed by atoms with Gasteiger partial charge in [-0.3, -0.25) is 0 Å². The Morgan fingerprint density at radius 3 is 1.83 bits per heavy atom. The van der Waals surface area contributed by atoms with E-state index < -0.39 is 0 Å². The summed E-state index contributed by atoms with van der Waals surface area (Å²) in [5.74, 6) is 0. The standard InChI is InChI=1S/C4H9NO/c1-4(2)3(5)6-4/h3H,5H2,1-2H3. The molecule has 0 aromatic rings. The van der Waals surface area contributed by atoms with Crippen molar-refractivity contribution >= 4 is 0 Å². The van der Waals surface area contributed by atoms with Gasteiger partial charge in [0.15, 0.2) is 0 Å². The minimum Gasteiger partial charge on any atom is -0.351 e. The molecular formula is C4H9NO. The molecule has 2 nitrogen and oxygen atoms in total. The molecular weight excluding hydrogens is 78.1 g/mol. The Hall–Kier alpha value is -0.0800. The van der Waals surface area contributed by atoms with Crippen molar-refractivity contribution < 1.29 is 4.74 Å². The largest absolute Gasteiger partial charge is 0.351 e. The SMILES string of the molecule is CC1(C)OC1N. The third-order valence-corrected chi connectivity index (χ3v) is 1.06. The fourth-order valence-corrected chi connectivity index (χ4v) is 0.293. The predicted octanol–water partition coefficient (Wildman–Crippen LogP) is 0.0800. The summed E-state index contributed by atoms with van der Waals surface area (Å²) < 4.78 is 4.88. The number of nitrogens with two attached hydrogens (primary N) is 1. The van der Waals surface area contributed by atoms with Crippen molar-refractivity contribution in [2.45, 2.75) is 25.7 Å². The maximum atomic E-state index is 5.28. The third-order valence-electron chi connectivity index (χ3n) is 1.06. The zero-order valence-electron chi connectivity index (χ0n) is 4.06. The maximum absolute atomic E-state index is 5.28. The van der Waals surface area contributed by atoms with Crippen molar-refractivity contribution in [1.82, 2.24) is 0 Å². The van der Waals surface area contributed by atoms with E-state index in [0.29, 0.717) is 0 Å². The fourth-order valence-electron chi connectivity index (χ4n) is 0.293. The lowest BCUT2D eigenvalue weighted by Gasteiger charge is -1.84. The summed E-state index contributed by atoms with van der Waals surface area (Å²) in [6.07, 6.45) is -0.00231. The molecule has 36 valence electrons. The van der Waals surface area contributed by atoms with Crippen LogP contribution in [0.3, 0.4) is 0 Å². The van der Waals surface area contributed by atoms with Gasteiger partial charge >= 0.3 is 0 Å². The van der Waals surface area contributed by atoms with Crippen LogP contribution in [0.25, 0.3) is 0 Å². The van der Waals surface area contributed by atoms with Gasteiger partial charge in [0.1, 0.15) is 11.8 Å². The highest BCUT2D eigenvalue weighted by Crippen LogP contribution is 2.29. The van der Waals surface area contributed by atoms with Crippen molar-refractivity contribution in [2.75, 3.05) is 0 Å². The van der Waals surface area contributed by atoms with E-state index >= 15 is 0 Å². The van der Waals surface area contributed by atoms with Crippen molar-refractivity contribution in [3.8, 4) is 0 Å². The minimum atomic E-state index is -0.0139. The van der Waals surface area contributed by atoms with Gasteiger partial charge in [0.05, 0.1) is 0 Å². The van der Waals surface area contributed by atoms with Crippen LogP contribution in [0.5, 0.6) is 0 Å². The van der Waals surface area contributed by atoms with Crippen molar-refractivity contribution in [1.29, 1.82) is 0 Å². The van der Waals surface area contributed by atoms with E-state index in [-0.39, 0.29) is 11.8 Å². The van der Waals surface area contributed by atoms with E-state index in [2.05, 4.69) is 0 Å². The van der Waals surface area contributed by atoms with Gasteiger partial charge in [-0.1, -0.05) is 0 Å². The smallest absolute Gasteiger partial charge is 0.135 e. The summed E-state index contributed by atoms with van der Waals surface area (Å²) in [6, 6.07) is 0. The number of ether oxygens (including phenoxy) is 1. The summed E-state index contributed by atoms with van der Waals surface area (Å²) in [6.45, 7) is 3.94. The van der Waals surface area contributed by atoms with E-state index in [9.17, 15) is 0 Å². The molecule has 0 aliphatic carbocycles. The molecule has 6 heavy (non-hydrogen) atoms. The molecule has 0 bridgehead atoms. The first-order valence-electron chi connectivity index (χ1n) is 2.06. The molecule has 1 rings (SSSR count). The average Bonchev–Trinajstić information content (AvgIpc) is 1.73. The monoisotopic (exact) mass is 87.1 g/mol. The van der Waals surface area contributed by atoms with Crippen LogP contribution in [0.4, 0.5) is 0 Å². The molecule has 0 radical (unpaired) electrons. The molecule has 0 aromatic carbocycles. The Labute approximate surface area is 37.3 Å². The Morgan fingerprint density at radius 1 is 1.67 bits per heavy atom. The summed E-state index contributed by atoms with van der Waals surface area (Å²) in [5.41, 5.74) is 5.26. The van der Waals surface area contributed by atoms with Crippen LogP contribution in [-0.4, -0.2) is 11.8 Å². The van der Waals surface area contributed by atoms with Crippen molar-refractivity contribution in [3.05, 3.63) is 0 Å². The Kier molecular flexibility index (Phi) is 0.524. The van der Waals surface area contributed by atoms with Crippen LogP contribution in [-0.2, 0) is 4.74 Å². The average molecular weight is 87.1 g/mol. The Morgan fingerprint density at radius 2 is 1.83 bits per heavy atom. The first-order valence-corrected chi connectivity index (χ1v) is 2.06. The van der Waals surface area contributed by atoms with Crippen LogP contribution in [0, 0.1) is 0 Å². The van der Waals surface area contributed by atoms with E-state index in [0.717, 1.165) is 0 Å². The van der Waals surface area contributed by atoms with Crippen LogP contribution in [0.1, 0.15) is 13.8 Å². The zero-order valence-corrected chi connectivity index (χ0v) is 4.06. The number of hydrogen-bond donors (Lipinski definition) is 1. The molecule has 1 fully saturated rings. The van der Waals surface area contributed by atoms with Crippen LogP contribution in [0.15, 0.2) is 0 Å². The molecule has 1 aliphatic heterocycles. The van der Waals surface area contributed by atoms with E-state index in [1.807, 2.05) is 13.8 Å². The van der Waals surface area contributed by atoms with Gasteiger partial charge in [-0.2, -0.15) is 0 Å². The fraction of sp³-hybridized carbons (Fsp3) is 1.00. The number of rotatable bonds is 0. The topological polar surface area (TPSA) is 38.5 Å². The van der Waals surface area contributed by atoms with E-state index in [4.69, 9.17) is 10.5 Å². The normalized spacial score (nSPS) is 39.5. The minimum absolute atomic E-state index is 0.00231. The molecule has 1 aliphatic rings. The second kappa shape index (κ2) is 0.768. The van der Waals surface area contributed by atoms with Crippen LogP contribution < -0.4 is 5.73 Å². The van der Waals surface area contributed by atoms with Crippen LogP contribution in [0.2, 0.25) is 0 Å². The second-order valence-corrected chi connectivity index (χ2v) is 2.14. The van der Waals surface area contributed by atoms with Gasteiger partial charge < -0.3 is 10.5 Å². The third kappa shape index (κ3) is 0.420. The molecule has 0 aromatic heterocycles. The molecule has 1 saturated heterocycles. The first-order chi connectivity index (χ1) is 2.63. The summed E-state index contributed by atoms with van der Waals surface area (Å²) in [7, 11) is 0. The Bertz CT molecular complexity index is 69.9. The lowest BCUT2D eigenvalue weighted by atomic mass is 10.2. The zero-order chi connectivity index (χ0) is 4.78. The quantitative estimate of drug-likeness (QED) is 0.425. The molecule has 0 saturated carbocycles. The predicted molar refractivity (Wildman–Crippen MR) is 23.1 cm³/mol. The van der Waals surface area contributed by atoms with Gasteiger partial charge in [-0.15, -0.1) is 0 Å². The molecule has 0 amide bonds. The molecule has 2 N–H and O–H groups in total. The summed E-state index contributed by atoms with van der Waals surface area (Å²) in [5, 5.41) is 0. The first kappa shape index (κ1) is 4.09. The van der Waals surface area contributed by atoms with Gasteiger partial charge in [0.25, 0.3) is 0 Å². The summed E-state index contributed by atoms with van der Waals surface area (Å²) in [4.78, 5) is 0. The van der Waals surface area contributed by atoms with Crippen molar-refractivity contribution in [3.63, 3.8) is 0 Å². The Balaban J connectivity index is 2.41. The van der Waals surface area contributed by atoms with Gasteiger partial charge in [0.2, 0.25) is 0 Å². The van der Waals surface area contributed by atoms with Gasteiger partial charge in [0, 0.05) is 0 Å². The highest BCUT2D eigenvalue weighted by Gasteiger charge is 2.44. The molecule has 1 unspecified atom stereocenters. The molecule has 2 heteroatoms. The lowest BCUT2D eigenvalue weighted by molar-refractivity contribution is 0.325. The van der Waals surface area contributed by atoms with Gasteiger partial charge in [-0.05, 0) is 13.8 Å². The van der Waals surface area contributed by atoms with Crippen LogP contribution >= 0.6 is 0 Å². The lowest BCUT2D eigenvalue weighted by Crippen LogP contribution is -2.11. The van der Waals surface area contributed by atoms with E-state index in [1.54, 1.807) is 0 Å². The second-order valence-electron chi connectivity index (χ2n) is 2.14. The highest BCUT2D eigenvalue weighted by atomic mass is 16.6. The summed E-state index contributed by atoms with van der Waals surface area (Å²) >= 11 is 0.